The first-order valence-corrected chi connectivity index (χ1v) is 8.93. The molecule has 2 amide bonds. The second-order valence-corrected chi connectivity index (χ2v) is 6.92. The molecule has 1 saturated heterocycles. The average molecular weight is 330 g/mol. The minimum Gasteiger partial charge on any atom is -0.392 e. The molecule has 5 nitrogen and oxygen atoms in total. The van der Waals surface area contributed by atoms with E-state index in [1.54, 1.807) is 0 Å². The summed E-state index contributed by atoms with van der Waals surface area (Å²) in [6, 6.07) is 10.0. The van der Waals surface area contributed by atoms with Crippen molar-refractivity contribution in [1.82, 2.24) is 10.2 Å². The van der Waals surface area contributed by atoms with Crippen LogP contribution in [-0.4, -0.2) is 47.1 Å². The summed E-state index contributed by atoms with van der Waals surface area (Å²) in [5.41, 5.74) is 1.17. The lowest BCUT2D eigenvalue weighted by atomic mass is 10.0. The fraction of sp³-hybridized carbons (Fsp3) is 0.579. The van der Waals surface area contributed by atoms with Gasteiger partial charge in [-0.1, -0.05) is 30.3 Å². The predicted molar refractivity (Wildman–Crippen MR) is 91.2 cm³/mol. The normalized spacial score (nSPS) is 26.5. The Labute approximate surface area is 143 Å². The number of carbonyl (C=O) groups is 2. The Balaban J connectivity index is 1.43. The average Bonchev–Trinajstić information content (AvgIpc) is 3.22. The summed E-state index contributed by atoms with van der Waals surface area (Å²) in [6.07, 6.45) is 3.94. The van der Waals surface area contributed by atoms with Crippen molar-refractivity contribution in [3.8, 4) is 0 Å². The van der Waals surface area contributed by atoms with Crippen LogP contribution in [0.1, 0.15) is 37.7 Å². The number of nitrogens with zero attached hydrogens (tertiary/aromatic N) is 1. The van der Waals surface area contributed by atoms with E-state index in [-0.39, 0.29) is 23.8 Å². The van der Waals surface area contributed by atoms with Crippen LogP contribution in [0.15, 0.2) is 30.3 Å². The van der Waals surface area contributed by atoms with Gasteiger partial charge in [0.15, 0.2) is 0 Å². The summed E-state index contributed by atoms with van der Waals surface area (Å²) in [5, 5.41) is 12.8. The second kappa shape index (κ2) is 7.79. The zero-order valence-corrected chi connectivity index (χ0v) is 14.0. The number of benzene rings is 1. The highest BCUT2D eigenvalue weighted by molar-refractivity contribution is 5.80. The number of nitrogens with one attached hydrogen (secondary N) is 1. The first-order chi connectivity index (χ1) is 11.6. The molecule has 130 valence electrons. The Kier molecular flexibility index (Phi) is 5.51. The first-order valence-electron chi connectivity index (χ1n) is 8.93. The van der Waals surface area contributed by atoms with E-state index in [0.29, 0.717) is 25.9 Å². The Morgan fingerprint density at radius 3 is 2.67 bits per heavy atom. The molecule has 5 heteroatoms. The van der Waals surface area contributed by atoms with Crippen molar-refractivity contribution in [2.24, 2.45) is 5.92 Å². The van der Waals surface area contributed by atoms with Gasteiger partial charge in [0.05, 0.1) is 12.0 Å². The lowest BCUT2D eigenvalue weighted by molar-refractivity contribution is -0.131. The lowest BCUT2D eigenvalue weighted by Crippen LogP contribution is -2.43. The van der Waals surface area contributed by atoms with Crippen LogP contribution in [0.4, 0.5) is 0 Å². The van der Waals surface area contributed by atoms with E-state index in [2.05, 4.69) is 5.32 Å². The van der Waals surface area contributed by atoms with Crippen LogP contribution in [-0.2, 0) is 16.0 Å². The number of aryl methyl sites for hydroxylation is 1. The van der Waals surface area contributed by atoms with Crippen molar-refractivity contribution in [2.45, 2.75) is 50.7 Å². The van der Waals surface area contributed by atoms with Crippen molar-refractivity contribution >= 4 is 11.8 Å². The van der Waals surface area contributed by atoms with E-state index >= 15 is 0 Å². The minimum absolute atomic E-state index is 0.0194. The van der Waals surface area contributed by atoms with Crippen molar-refractivity contribution < 1.29 is 14.7 Å². The third kappa shape index (κ3) is 4.15. The molecular weight excluding hydrogens is 304 g/mol. The molecule has 0 spiro atoms. The van der Waals surface area contributed by atoms with Crippen LogP contribution in [0, 0.1) is 5.92 Å². The van der Waals surface area contributed by atoms with E-state index < -0.39 is 6.10 Å². The maximum absolute atomic E-state index is 12.3. The Bertz CT molecular complexity index is 575. The lowest BCUT2D eigenvalue weighted by Gasteiger charge is -2.20. The summed E-state index contributed by atoms with van der Waals surface area (Å²) >= 11 is 0. The SMILES string of the molecule is O=C(NC1CCN(C(=O)CCc2ccccc2)C1)C1CCCC1O. The Morgan fingerprint density at radius 1 is 1.17 bits per heavy atom. The number of hydrogen-bond acceptors (Lipinski definition) is 3. The van der Waals surface area contributed by atoms with Gasteiger partial charge in [0.1, 0.15) is 0 Å². The summed E-state index contributed by atoms with van der Waals surface area (Å²) in [4.78, 5) is 26.4. The Morgan fingerprint density at radius 2 is 1.96 bits per heavy atom. The van der Waals surface area contributed by atoms with Crippen LogP contribution >= 0.6 is 0 Å². The fourth-order valence-corrected chi connectivity index (χ4v) is 3.71. The molecule has 0 radical (unpaired) electrons. The van der Waals surface area contributed by atoms with Crippen molar-refractivity contribution in [3.05, 3.63) is 35.9 Å². The number of carbonyl (C=O) groups excluding carboxylic acids is 2. The summed E-state index contributed by atoms with van der Waals surface area (Å²) < 4.78 is 0. The molecule has 1 saturated carbocycles. The topological polar surface area (TPSA) is 69.6 Å². The highest BCUT2D eigenvalue weighted by Crippen LogP contribution is 2.26. The number of likely N-dealkylation sites (tertiary alicyclic amines) is 1. The van der Waals surface area contributed by atoms with Gasteiger partial charge in [0.2, 0.25) is 11.8 Å². The van der Waals surface area contributed by atoms with E-state index in [1.807, 2.05) is 35.2 Å². The third-order valence-electron chi connectivity index (χ3n) is 5.17. The van der Waals surface area contributed by atoms with Crippen LogP contribution < -0.4 is 5.32 Å². The number of aliphatic hydroxyl groups excluding tert-OH is 1. The standard InChI is InChI=1S/C19H26N2O3/c22-17-8-4-7-16(17)19(24)20-15-11-12-21(13-15)18(23)10-9-14-5-2-1-3-6-14/h1-3,5-6,15-17,22H,4,7-13H2,(H,20,24). The van der Waals surface area contributed by atoms with E-state index in [0.717, 1.165) is 25.7 Å². The van der Waals surface area contributed by atoms with Crippen molar-refractivity contribution in [2.75, 3.05) is 13.1 Å². The summed E-state index contributed by atoms with van der Waals surface area (Å²) in [7, 11) is 0. The number of aliphatic hydroxyl groups is 1. The molecule has 1 aliphatic heterocycles. The molecule has 1 aromatic rings. The summed E-state index contributed by atoms with van der Waals surface area (Å²) in [5.74, 6) is -0.173. The predicted octanol–water partition coefficient (Wildman–Crippen LogP) is 1.50. The molecule has 2 aliphatic rings. The molecular formula is C19H26N2O3. The van der Waals surface area contributed by atoms with Gasteiger partial charge in [-0.25, -0.2) is 0 Å². The Hall–Kier alpha value is -1.88. The minimum atomic E-state index is -0.505. The van der Waals surface area contributed by atoms with Gasteiger partial charge in [-0.15, -0.1) is 0 Å². The van der Waals surface area contributed by atoms with Gasteiger partial charge < -0.3 is 15.3 Å². The van der Waals surface area contributed by atoms with Crippen molar-refractivity contribution in [1.29, 1.82) is 0 Å². The maximum atomic E-state index is 12.3. The van der Waals surface area contributed by atoms with Gasteiger partial charge in [0.25, 0.3) is 0 Å². The highest BCUT2D eigenvalue weighted by Gasteiger charge is 2.34. The monoisotopic (exact) mass is 330 g/mol. The third-order valence-corrected chi connectivity index (χ3v) is 5.17. The van der Waals surface area contributed by atoms with E-state index in [1.165, 1.54) is 5.56 Å². The van der Waals surface area contributed by atoms with Crippen LogP contribution in [0.2, 0.25) is 0 Å². The maximum Gasteiger partial charge on any atom is 0.226 e. The highest BCUT2D eigenvalue weighted by atomic mass is 16.3. The zero-order valence-electron chi connectivity index (χ0n) is 14.0. The number of amides is 2. The largest absolute Gasteiger partial charge is 0.392 e. The first kappa shape index (κ1) is 17.0. The molecule has 3 unspecified atom stereocenters. The zero-order chi connectivity index (χ0) is 16.9. The van der Waals surface area contributed by atoms with Gasteiger partial charge in [-0.05, 0) is 37.7 Å². The van der Waals surface area contributed by atoms with Crippen molar-refractivity contribution in [3.63, 3.8) is 0 Å². The molecule has 1 aliphatic carbocycles. The summed E-state index contributed by atoms with van der Waals surface area (Å²) in [6.45, 7) is 1.29. The molecule has 2 N–H and O–H groups in total. The van der Waals surface area contributed by atoms with E-state index in [9.17, 15) is 14.7 Å². The quantitative estimate of drug-likeness (QED) is 0.859. The molecule has 1 aromatic carbocycles. The fourth-order valence-electron chi connectivity index (χ4n) is 3.71. The van der Waals surface area contributed by atoms with E-state index in [4.69, 9.17) is 0 Å². The molecule has 1 heterocycles. The molecule has 2 fully saturated rings. The molecule has 0 aromatic heterocycles. The molecule has 3 rings (SSSR count). The van der Waals surface area contributed by atoms with Gasteiger partial charge in [0, 0.05) is 25.6 Å². The number of hydrogen-bond donors (Lipinski definition) is 2. The molecule has 24 heavy (non-hydrogen) atoms. The van der Waals surface area contributed by atoms with Gasteiger partial charge >= 0.3 is 0 Å². The number of rotatable bonds is 5. The van der Waals surface area contributed by atoms with Crippen LogP contribution in [0.3, 0.4) is 0 Å². The molecule has 0 bridgehead atoms. The van der Waals surface area contributed by atoms with Crippen LogP contribution in [0.5, 0.6) is 0 Å². The smallest absolute Gasteiger partial charge is 0.226 e. The molecule has 3 atom stereocenters. The van der Waals surface area contributed by atoms with Crippen LogP contribution in [0.25, 0.3) is 0 Å². The van der Waals surface area contributed by atoms with Gasteiger partial charge in [-0.2, -0.15) is 0 Å². The second-order valence-electron chi connectivity index (χ2n) is 6.92. The van der Waals surface area contributed by atoms with Gasteiger partial charge in [-0.3, -0.25) is 9.59 Å².